The Balaban J connectivity index is 1.55. The summed E-state index contributed by atoms with van der Waals surface area (Å²) in [7, 11) is 0. The van der Waals surface area contributed by atoms with Crippen molar-refractivity contribution in [1.82, 2.24) is 4.98 Å². The lowest BCUT2D eigenvalue weighted by Crippen LogP contribution is -2.26. The molecule has 1 unspecified atom stereocenters. The van der Waals surface area contributed by atoms with E-state index >= 15 is 0 Å². The van der Waals surface area contributed by atoms with Gasteiger partial charge in [0.15, 0.2) is 0 Å². The normalized spacial score (nSPS) is 21.6. The molecule has 1 saturated carbocycles. The van der Waals surface area contributed by atoms with Gasteiger partial charge in [0.1, 0.15) is 0 Å². The topological polar surface area (TPSA) is 36.7 Å². The number of hydrogen-bond donors (Lipinski definition) is 0. The quantitative estimate of drug-likeness (QED) is 0.265. The second kappa shape index (κ2) is 12.0. The SMILES string of the molecule is C=CCCCCc1ccc(-c2ccc([C@H]3CC[C@](C#N)(CCC(C)CC)CC3)cc2)nc1. The van der Waals surface area contributed by atoms with Crippen LogP contribution in [0.5, 0.6) is 0 Å². The van der Waals surface area contributed by atoms with Gasteiger partial charge in [0.2, 0.25) is 0 Å². The smallest absolute Gasteiger partial charge is 0.0702 e. The summed E-state index contributed by atoms with van der Waals surface area (Å²) >= 11 is 0. The Kier molecular flexibility index (Phi) is 9.10. The van der Waals surface area contributed by atoms with Gasteiger partial charge in [0.25, 0.3) is 0 Å². The average Bonchev–Trinajstić information content (AvgIpc) is 2.86. The van der Waals surface area contributed by atoms with Gasteiger partial charge in [-0.05, 0) is 93.2 Å². The Labute approximate surface area is 195 Å². The zero-order valence-corrected chi connectivity index (χ0v) is 20.2. The number of allylic oxidation sites excluding steroid dienone is 1. The van der Waals surface area contributed by atoms with E-state index < -0.39 is 0 Å². The molecule has 0 amide bonds. The van der Waals surface area contributed by atoms with Crippen LogP contribution < -0.4 is 0 Å². The van der Waals surface area contributed by atoms with Crippen molar-refractivity contribution in [2.45, 2.75) is 90.4 Å². The van der Waals surface area contributed by atoms with E-state index in [0.29, 0.717) is 5.92 Å². The van der Waals surface area contributed by atoms with Gasteiger partial charge in [-0.2, -0.15) is 5.26 Å². The minimum absolute atomic E-state index is 0.0861. The highest BCUT2D eigenvalue weighted by Gasteiger charge is 2.35. The number of unbranched alkanes of at least 4 members (excludes halogenated alkanes) is 2. The monoisotopic (exact) mass is 428 g/mol. The molecule has 0 saturated heterocycles. The zero-order chi connectivity index (χ0) is 22.8. The third-order valence-corrected chi connectivity index (χ3v) is 7.62. The van der Waals surface area contributed by atoms with E-state index in [0.717, 1.165) is 56.6 Å². The first-order chi connectivity index (χ1) is 15.6. The highest BCUT2D eigenvalue weighted by Crippen LogP contribution is 2.46. The van der Waals surface area contributed by atoms with Crippen LogP contribution in [0.3, 0.4) is 0 Å². The number of nitriles is 1. The third-order valence-electron chi connectivity index (χ3n) is 7.62. The first-order valence-electron chi connectivity index (χ1n) is 12.7. The average molecular weight is 429 g/mol. The summed E-state index contributed by atoms with van der Waals surface area (Å²) in [5.41, 5.74) is 4.87. The highest BCUT2D eigenvalue weighted by molar-refractivity contribution is 5.59. The van der Waals surface area contributed by atoms with Crippen LogP contribution in [0.15, 0.2) is 55.3 Å². The summed E-state index contributed by atoms with van der Waals surface area (Å²) < 4.78 is 0. The molecule has 0 bridgehead atoms. The largest absolute Gasteiger partial charge is 0.256 e. The predicted molar refractivity (Wildman–Crippen MR) is 135 cm³/mol. The Morgan fingerprint density at radius 1 is 1.16 bits per heavy atom. The predicted octanol–water partition coefficient (Wildman–Crippen LogP) is 8.64. The molecule has 1 atom stereocenters. The number of rotatable bonds is 11. The van der Waals surface area contributed by atoms with E-state index in [9.17, 15) is 5.26 Å². The van der Waals surface area contributed by atoms with Crippen molar-refractivity contribution in [3.05, 3.63) is 66.4 Å². The summed E-state index contributed by atoms with van der Waals surface area (Å²) in [6.07, 6.45) is 16.4. The van der Waals surface area contributed by atoms with Crippen molar-refractivity contribution in [3.63, 3.8) is 0 Å². The minimum atomic E-state index is -0.0861. The number of aromatic nitrogens is 1. The van der Waals surface area contributed by atoms with Crippen LogP contribution in [0, 0.1) is 22.7 Å². The minimum Gasteiger partial charge on any atom is -0.256 e. The molecular formula is C30H40N2. The van der Waals surface area contributed by atoms with Crippen LogP contribution in [-0.2, 0) is 6.42 Å². The van der Waals surface area contributed by atoms with Gasteiger partial charge in [0.05, 0.1) is 17.2 Å². The van der Waals surface area contributed by atoms with Crippen LogP contribution in [0.25, 0.3) is 11.3 Å². The Hall–Kier alpha value is -2.40. The maximum Gasteiger partial charge on any atom is 0.0702 e. The fraction of sp³-hybridized carbons (Fsp3) is 0.533. The van der Waals surface area contributed by atoms with Crippen molar-refractivity contribution in [2.24, 2.45) is 11.3 Å². The van der Waals surface area contributed by atoms with Gasteiger partial charge < -0.3 is 0 Å². The Morgan fingerprint density at radius 2 is 1.91 bits per heavy atom. The van der Waals surface area contributed by atoms with E-state index in [1.807, 2.05) is 12.3 Å². The standard InChI is InChI=1S/C30H40N2/c1-4-6-7-8-9-25-10-15-29(32-22-25)28-13-11-26(12-14-28)27-17-20-30(23-31,21-18-27)19-16-24(3)5-2/h4,10-15,22,24,27H,1,5-9,16-21H2,2-3H3/t24?,27-,30+. The van der Waals surface area contributed by atoms with Gasteiger partial charge in [-0.25, -0.2) is 0 Å². The number of pyridine rings is 1. The molecule has 2 aromatic rings. The van der Waals surface area contributed by atoms with E-state index in [1.165, 1.54) is 42.4 Å². The summed E-state index contributed by atoms with van der Waals surface area (Å²) in [4.78, 5) is 4.71. The van der Waals surface area contributed by atoms with E-state index in [1.54, 1.807) is 0 Å². The maximum absolute atomic E-state index is 9.88. The van der Waals surface area contributed by atoms with Crippen molar-refractivity contribution in [3.8, 4) is 17.3 Å². The van der Waals surface area contributed by atoms with Gasteiger partial charge in [-0.3, -0.25) is 4.98 Å². The second-order valence-electron chi connectivity index (χ2n) is 9.93. The van der Waals surface area contributed by atoms with Crippen LogP contribution in [0.1, 0.15) is 95.1 Å². The van der Waals surface area contributed by atoms with Gasteiger partial charge in [-0.15, -0.1) is 6.58 Å². The van der Waals surface area contributed by atoms with Gasteiger partial charge in [-0.1, -0.05) is 56.7 Å². The molecule has 1 heterocycles. The van der Waals surface area contributed by atoms with Gasteiger partial charge >= 0.3 is 0 Å². The van der Waals surface area contributed by atoms with Gasteiger partial charge in [0, 0.05) is 11.8 Å². The van der Waals surface area contributed by atoms with Crippen LogP contribution in [0.4, 0.5) is 0 Å². The molecule has 1 aliphatic carbocycles. The number of aryl methyl sites for hydroxylation is 1. The molecule has 32 heavy (non-hydrogen) atoms. The van der Waals surface area contributed by atoms with Crippen LogP contribution in [0.2, 0.25) is 0 Å². The van der Waals surface area contributed by atoms with Crippen molar-refractivity contribution in [2.75, 3.05) is 0 Å². The summed E-state index contributed by atoms with van der Waals surface area (Å²) in [6.45, 7) is 8.35. The maximum atomic E-state index is 9.88. The fourth-order valence-corrected chi connectivity index (χ4v) is 4.94. The lowest BCUT2D eigenvalue weighted by atomic mass is 9.67. The van der Waals surface area contributed by atoms with Crippen LogP contribution >= 0.6 is 0 Å². The molecule has 1 aromatic heterocycles. The molecule has 1 aromatic carbocycles. The van der Waals surface area contributed by atoms with E-state index in [-0.39, 0.29) is 5.41 Å². The van der Waals surface area contributed by atoms with Crippen molar-refractivity contribution < 1.29 is 0 Å². The first kappa shape index (κ1) is 24.2. The summed E-state index contributed by atoms with van der Waals surface area (Å²) in [5, 5.41) is 9.88. The number of nitrogens with zero attached hydrogens (tertiary/aromatic N) is 2. The second-order valence-corrected chi connectivity index (χ2v) is 9.93. The van der Waals surface area contributed by atoms with Crippen molar-refractivity contribution in [1.29, 1.82) is 5.26 Å². The number of benzene rings is 1. The zero-order valence-electron chi connectivity index (χ0n) is 20.2. The molecule has 0 radical (unpaired) electrons. The Bertz CT molecular complexity index is 865. The summed E-state index contributed by atoms with van der Waals surface area (Å²) in [6, 6.07) is 16.1. The molecule has 2 nitrogen and oxygen atoms in total. The molecule has 0 N–H and O–H groups in total. The molecule has 1 fully saturated rings. The van der Waals surface area contributed by atoms with Crippen LogP contribution in [-0.4, -0.2) is 4.98 Å². The molecule has 1 aliphatic rings. The molecule has 170 valence electrons. The highest BCUT2D eigenvalue weighted by atomic mass is 14.7. The molecule has 0 spiro atoms. The summed E-state index contributed by atoms with van der Waals surface area (Å²) in [5.74, 6) is 1.31. The first-order valence-corrected chi connectivity index (χ1v) is 12.7. The van der Waals surface area contributed by atoms with E-state index in [2.05, 4.69) is 62.9 Å². The van der Waals surface area contributed by atoms with Crippen molar-refractivity contribution >= 4 is 0 Å². The lowest BCUT2D eigenvalue weighted by molar-refractivity contribution is 0.213. The Morgan fingerprint density at radius 3 is 2.50 bits per heavy atom. The molecule has 3 rings (SSSR count). The number of hydrogen-bond acceptors (Lipinski definition) is 2. The molecular weight excluding hydrogens is 388 g/mol. The lowest BCUT2D eigenvalue weighted by Gasteiger charge is -2.36. The molecule has 0 aliphatic heterocycles. The van der Waals surface area contributed by atoms with E-state index in [4.69, 9.17) is 4.98 Å². The fourth-order valence-electron chi connectivity index (χ4n) is 4.94. The molecule has 2 heteroatoms. The third kappa shape index (κ3) is 6.55.